The molecular weight excluding hydrogens is 422 g/mol. The molecule has 152 valence electrons. The number of ether oxygens (including phenoxy) is 1. The van der Waals surface area contributed by atoms with Gasteiger partial charge in [-0.15, -0.1) is 0 Å². The van der Waals surface area contributed by atoms with Crippen molar-refractivity contribution in [3.05, 3.63) is 84.3 Å². The molecule has 0 aliphatic heterocycles. The van der Waals surface area contributed by atoms with Crippen LogP contribution in [0.3, 0.4) is 0 Å². The number of hydrogen-bond acceptors (Lipinski definition) is 4. The largest absolute Gasteiger partial charge is 0.454 e. The molecule has 12 heteroatoms. The van der Waals surface area contributed by atoms with E-state index in [2.05, 4.69) is 4.98 Å². The van der Waals surface area contributed by atoms with Gasteiger partial charge in [-0.05, 0) is 12.1 Å². The van der Waals surface area contributed by atoms with Crippen LogP contribution in [0, 0.1) is 5.82 Å². The summed E-state index contributed by atoms with van der Waals surface area (Å²) in [7, 11) is 0.798. The molecule has 1 N–H and O–H groups in total. The van der Waals surface area contributed by atoms with Gasteiger partial charge in [-0.3, -0.25) is 14.2 Å². The predicted octanol–water partition coefficient (Wildman–Crippen LogP) is 2.83. The Morgan fingerprint density at radius 3 is 2.38 bits per heavy atom. The highest BCUT2D eigenvalue weighted by atomic mass is 35.5. The molecule has 29 heavy (non-hydrogen) atoms. The fraction of sp³-hybridized carbons (Fsp3) is 0.118. The molecule has 3 aromatic rings. The predicted molar refractivity (Wildman–Crippen MR) is 94.4 cm³/mol. The standard InChI is InChI=1S/C17H10ClF4N3O4/c1-24-13(17(20,21)22)6-15(27)25(16(24)28)11-5-12(9(18)4-10(11)19)29-8-2-3-14(26)23-7-8/h2-7H,1H3,(H,23,26). The summed E-state index contributed by atoms with van der Waals surface area (Å²) in [6.07, 6.45) is -3.77. The van der Waals surface area contributed by atoms with Crippen molar-refractivity contribution in [1.29, 1.82) is 0 Å². The van der Waals surface area contributed by atoms with Gasteiger partial charge in [0.05, 0.1) is 10.7 Å². The van der Waals surface area contributed by atoms with Crippen LogP contribution in [-0.2, 0) is 13.2 Å². The third kappa shape index (κ3) is 3.94. The number of alkyl halides is 3. The van der Waals surface area contributed by atoms with Crippen LogP contribution >= 0.6 is 11.6 Å². The number of pyridine rings is 1. The van der Waals surface area contributed by atoms with E-state index in [4.69, 9.17) is 16.3 Å². The van der Waals surface area contributed by atoms with Crippen molar-refractivity contribution in [2.24, 2.45) is 7.05 Å². The maximum absolute atomic E-state index is 14.4. The Labute approximate surface area is 163 Å². The molecule has 0 unspecified atom stereocenters. The molecule has 0 radical (unpaired) electrons. The summed E-state index contributed by atoms with van der Waals surface area (Å²) in [4.78, 5) is 37.9. The summed E-state index contributed by atoms with van der Waals surface area (Å²) in [5.74, 6) is -1.25. The summed E-state index contributed by atoms with van der Waals surface area (Å²) in [6, 6.07) is 4.23. The van der Waals surface area contributed by atoms with Crippen LogP contribution in [0.2, 0.25) is 5.02 Å². The van der Waals surface area contributed by atoms with E-state index in [1.165, 1.54) is 12.3 Å². The van der Waals surface area contributed by atoms with E-state index < -0.39 is 40.2 Å². The number of benzene rings is 1. The Morgan fingerprint density at radius 2 is 1.79 bits per heavy atom. The summed E-state index contributed by atoms with van der Waals surface area (Å²) in [5, 5.41) is -0.241. The third-order valence-electron chi connectivity index (χ3n) is 3.84. The lowest BCUT2D eigenvalue weighted by Gasteiger charge is -2.15. The van der Waals surface area contributed by atoms with E-state index in [-0.39, 0.29) is 31.7 Å². The number of H-pyrrole nitrogens is 1. The van der Waals surface area contributed by atoms with Crippen LogP contribution in [0.5, 0.6) is 11.5 Å². The van der Waals surface area contributed by atoms with E-state index in [9.17, 15) is 31.9 Å². The van der Waals surface area contributed by atoms with Gasteiger partial charge in [0.1, 0.15) is 23.0 Å². The zero-order valence-electron chi connectivity index (χ0n) is 14.4. The number of aromatic amines is 1. The van der Waals surface area contributed by atoms with Gasteiger partial charge in [-0.1, -0.05) is 11.6 Å². The maximum Gasteiger partial charge on any atom is 0.431 e. The minimum atomic E-state index is -4.96. The van der Waals surface area contributed by atoms with Crippen LogP contribution in [-0.4, -0.2) is 14.1 Å². The number of aromatic nitrogens is 3. The van der Waals surface area contributed by atoms with Gasteiger partial charge in [0.2, 0.25) is 5.56 Å². The number of nitrogens with zero attached hydrogens (tertiary/aromatic N) is 2. The Kier molecular flexibility index (Phi) is 5.09. The van der Waals surface area contributed by atoms with Crippen LogP contribution in [0.25, 0.3) is 5.69 Å². The van der Waals surface area contributed by atoms with E-state index in [1.807, 2.05) is 0 Å². The van der Waals surface area contributed by atoms with Crippen molar-refractivity contribution < 1.29 is 22.3 Å². The molecule has 0 saturated carbocycles. The number of rotatable bonds is 3. The fourth-order valence-corrected chi connectivity index (χ4v) is 2.66. The smallest absolute Gasteiger partial charge is 0.431 e. The molecule has 0 spiro atoms. The Balaban J connectivity index is 2.18. The molecular formula is C17H10ClF4N3O4. The molecule has 0 saturated heterocycles. The number of nitrogens with one attached hydrogen (secondary N) is 1. The molecule has 2 heterocycles. The minimum Gasteiger partial charge on any atom is -0.454 e. The summed E-state index contributed by atoms with van der Waals surface area (Å²) < 4.78 is 59.1. The van der Waals surface area contributed by atoms with Gasteiger partial charge in [0.15, 0.2) is 0 Å². The monoisotopic (exact) mass is 431 g/mol. The first kappa shape index (κ1) is 20.4. The van der Waals surface area contributed by atoms with E-state index >= 15 is 0 Å². The van der Waals surface area contributed by atoms with Crippen LogP contribution in [0.4, 0.5) is 17.6 Å². The van der Waals surface area contributed by atoms with E-state index in [0.717, 1.165) is 25.2 Å². The van der Waals surface area contributed by atoms with Crippen molar-refractivity contribution in [2.75, 3.05) is 0 Å². The van der Waals surface area contributed by atoms with Crippen molar-refractivity contribution in [3.63, 3.8) is 0 Å². The average Bonchev–Trinajstić information content (AvgIpc) is 2.62. The second-order valence-electron chi connectivity index (χ2n) is 5.77. The van der Waals surface area contributed by atoms with Crippen LogP contribution in [0.1, 0.15) is 5.69 Å². The van der Waals surface area contributed by atoms with Crippen LogP contribution in [0.15, 0.2) is 50.9 Å². The molecule has 0 fully saturated rings. The SMILES string of the molecule is Cn1c(C(F)(F)F)cc(=O)n(-c2cc(Oc3ccc(=O)[nH]c3)c(Cl)cc2F)c1=O. The van der Waals surface area contributed by atoms with Gasteiger partial charge in [0.25, 0.3) is 5.56 Å². The van der Waals surface area contributed by atoms with E-state index in [1.54, 1.807) is 0 Å². The highest BCUT2D eigenvalue weighted by Crippen LogP contribution is 2.32. The third-order valence-corrected chi connectivity index (χ3v) is 4.13. The Bertz CT molecular complexity index is 1260. The summed E-state index contributed by atoms with van der Waals surface area (Å²) in [5.41, 5.74) is -5.36. The lowest BCUT2D eigenvalue weighted by atomic mass is 10.2. The lowest BCUT2D eigenvalue weighted by molar-refractivity contribution is -0.144. The first-order valence-electron chi connectivity index (χ1n) is 7.75. The highest BCUT2D eigenvalue weighted by Gasteiger charge is 2.35. The zero-order valence-corrected chi connectivity index (χ0v) is 15.1. The molecule has 0 aliphatic carbocycles. The van der Waals surface area contributed by atoms with Crippen LogP contribution < -0.4 is 21.5 Å². The minimum absolute atomic E-state index is 0.0942. The van der Waals surface area contributed by atoms with E-state index in [0.29, 0.717) is 0 Å². The molecule has 2 aromatic heterocycles. The highest BCUT2D eigenvalue weighted by molar-refractivity contribution is 6.32. The molecule has 3 rings (SSSR count). The molecule has 0 atom stereocenters. The van der Waals surface area contributed by atoms with Gasteiger partial charge in [-0.25, -0.2) is 13.8 Å². The molecule has 0 bridgehead atoms. The van der Waals surface area contributed by atoms with Crippen molar-refractivity contribution in [3.8, 4) is 17.2 Å². The normalized spacial score (nSPS) is 11.5. The van der Waals surface area contributed by atoms with Crippen molar-refractivity contribution in [1.82, 2.24) is 14.1 Å². The average molecular weight is 432 g/mol. The van der Waals surface area contributed by atoms with Crippen molar-refractivity contribution in [2.45, 2.75) is 6.18 Å². The Hall–Kier alpha value is -3.34. The molecule has 7 nitrogen and oxygen atoms in total. The van der Waals surface area contributed by atoms with Gasteiger partial charge in [-0.2, -0.15) is 13.2 Å². The number of hydrogen-bond donors (Lipinski definition) is 1. The van der Waals surface area contributed by atoms with Gasteiger partial charge < -0.3 is 9.72 Å². The fourth-order valence-electron chi connectivity index (χ4n) is 2.47. The zero-order chi connectivity index (χ0) is 21.5. The summed E-state index contributed by atoms with van der Waals surface area (Å²) >= 11 is 5.91. The van der Waals surface area contributed by atoms with Gasteiger partial charge in [0, 0.05) is 31.4 Å². The molecule has 0 aliphatic rings. The maximum atomic E-state index is 14.4. The second-order valence-corrected chi connectivity index (χ2v) is 6.17. The lowest BCUT2D eigenvalue weighted by Crippen LogP contribution is -2.41. The number of halogens is 5. The first-order valence-corrected chi connectivity index (χ1v) is 8.13. The topological polar surface area (TPSA) is 86.1 Å². The van der Waals surface area contributed by atoms with Crippen molar-refractivity contribution >= 4 is 11.6 Å². The summed E-state index contributed by atoms with van der Waals surface area (Å²) in [6.45, 7) is 0. The second kappa shape index (κ2) is 7.24. The molecule has 1 aromatic carbocycles. The Morgan fingerprint density at radius 1 is 1.10 bits per heavy atom. The first-order chi connectivity index (χ1) is 13.5. The molecule has 0 amide bonds. The quantitative estimate of drug-likeness (QED) is 0.646. The van der Waals surface area contributed by atoms with Gasteiger partial charge >= 0.3 is 11.9 Å².